The van der Waals surface area contributed by atoms with Crippen molar-refractivity contribution in [3.8, 4) is 28.7 Å². The number of allylic oxidation sites excluding steroid dienone is 4. The second kappa shape index (κ2) is 12.0. The monoisotopic (exact) mass is 578 g/mol. The zero-order valence-corrected chi connectivity index (χ0v) is 20.9. The molecule has 4 rings (SSSR count). The van der Waals surface area contributed by atoms with Gasteiger partial charge in [0.25, 0.3) is 0 Å². The number of rotatable bonds is 7. The van der Waals surface area contributed by atoms with Crippen molar-refractivity contribution in [2.24, 2.45) is 5.92 Å². The van der Waals surface area contributed by atoms with Crippen LogP contribution in [0, 0.1) is 46.8 Å². The van der Waals surface area contributed by atoms with Crippen LogP contribution in [0.15, 0.2) is 84.7 Å². The Morgan fingerprint density at radius 3 is 2.17 bits per heavy atom. The highest BCUT2D eigenvalue weighted by atomic mass is 19.3. The zero-order chi connectivity index (χ0) is 29.9. The summed E-state index contributed by atoms with van der Waals surface area (Å²) in [6.45, 7) is 3.58. The van der Waals surface area contributed by atoms with Crippen molar-refractivity contribution in [2.45, 2.75) is 25.1 Å². The van der Waals surface area contributed by atoms with E-state index in [9.17, 15) is 39.5 Å². The number of ether oxygens (including phenoxy) is 1. The predicted octanol–water partition coefficient (Wildman–Crippen LogP) is 8.94. The van der Waals surface area contributed by atoms with Gasteiger partial charge in [0, 0.05) is 17.2 Å². The van der Waals surface area contributed by atoms with Crippen LogP contribution in [0.2, 0.25) is 0 Å². The molecule has 0 saturated carbocycles. The van der Waals surface area contributed by atoms with Crippen LogP contribution >= 0.6 is 0 Å². The molecule has 3 aromatic carbocycles. The average Bonchev–Trinajstić information content (AvgIpc) is 2.89. The molecule has 0 heterocycles. The van der Waals surface area contributed by atoms with Gasteiger partial charge in [-0.15, -0.1) is 6.58 Å². The summed E-state index contributed by atoms with van der Waals surface area (Å²) in [5, 5.41) is 0. The average molecular weight is 578 g/mol. The molecule has 3 aromatic rings. The van der Waals surface area contributed by atoms with E-state index in [4.69, 9.17) is 0 Å². The smallest absolute Gasteiger partial charge is 0.410 e. The summed E-state index contributed by atoms with van der Waals surface area (Å²) < 4.78 is 133. The van der Waals surface area contributed by atoms with E-state index in [1.54, 1.807) is 12.1 Å². The van der Waals surface area contributed by atoms with Crippen molar-refractivity contribution in [3.05, 3.63) is 125 Å². The topological polar surface area (TPSA) is 9.23 Å². The molecule has 41 heavy (non-hydrogen) atoms. The van der Waals surface area contributed by atoms with Crippen molar-refractivity contribution in [1.29, 1.82) is 0 Å². The Labute approximate surface area is 229 Å². The van der Waals surface area contributed by atoms with Gasteiger partial charge in [0.1, 0.15) is 35.3 Å². The number of benzene rings is 3. The molecule has 0 N–H and O–H groups in total. The fraction of sp³-hybridized carbons (Fsp3) is 0.161. The van der Waals surface area contributed by atoms with Gasteiger partial charge >= 0.3 is 6.11 Å². The first-order chi connectivity index (χ1) is 19.4. The number of alkyl halides is 3. The van der Waals surface area contributed by atoms with Crippen molar-refractivity contribution >= 4 is 0 Å². The highest BCUT2D eigenvalue weighted by Gasteiger charge is 2.51. The summed E-state index contributed by atoms with van der Waals surface area (Å²) in [5.41, 5.74) is -0.585. The predicted molar refractivity (Wildman–Crippen MR) is 135 cm³/mol. The van der Waals surface area contributed by atoms with E-state index in [2.05, 4.69) is 23.2 Å². The molecular weight excluding hydrogens is 559 g/mol. The van der Waals surface area contributed by atoms with Gasteiger partial charge < -0.3 is 4.74 Å². The van der Waals surface area contributed by atoms with E-state index >= 15 is 0 Å². The largest absolute Gasteiger partial charge is 0.432 e. The quantitative estimate of drug-likeness (QED) is 0.118. The van der Waals surface area contributed by atoms with Gasteiger partial charge in [-0.3, -0.25) is 0 Å². The summed E-state index contributed by atoms with van der Waals surface area (Å²) in [5.74, 6) is -7.37. The first-order valence-corrected chi connectivity index (χ1v) is 12.0. The SMILES string of the molecule is C=CCCc1ccc(C#CC2=CC(F)C(C(F)(F)Oc3ccc(-c4cc(F)c(F)c(F)c4)c(F)c3)C(F)=C2)c(F)c1. The Kier molecular flexibility index (Phi) is 8.66. The maximum absolute atomic E-state index is 14.8. The van der Waals surface area contributed by atoms with Crippen LogP contribution in [0.3, 0.4) is 0 Å². The third kappa shape index (κ3) is 6.68. The summed E-state index contributed by atoms with van der Waals surface area (Å²) >= 11 is 0. The number of aryl methyl sites for hydroxylation is 1. The minimum Gasteiger partial charge on any atom is -0.432 e. The molecule has 1 aliphatic carbocycles. The summed E-state index contributed by atoms with van der Waals surface area (Å²) in [6.07, 6.45) is -3.11. The first-order valence-electron chi connectivity index (χ1n) is 12.0. The third-order valence-corrected chi connectivity index (χ3v) is 6.11. The van der Waals surface area contributed by atoms with Crippen LogP contribution in [-0.2, 0) is 6.42 Å². The Hall–Kier alpha value is -4.39. The van der Waals surface area contributed by atoms with Gasteiger partial charge in [0.2, 0.25) is 0 Å². The fourth-order valence-electron chi connectivity index (χ4n) is 4.08. The maximum atomic E-state index is 14.8. The molecule has 0 radical (unpaired) electrons. The highest BCUT2D eigenvalue weighted by molar-refractivity contribution is 5.65. The van der Waals surface area contributed by atoms with E-state index in [1.807, 2.05) is 0 Å². The lowest BCUT2D eigenvalue weighted by Gasteiger charge is -2.29. The lowest BCUT2D eigenvalue weighted by molar-refractivity contribution is -0.219. The molecular formula is C31H19F9O. The minimum atomic E-state index is -4.52. The lowest BCUT2D eigenvalue weighted by Crippen LogP contribution is -2.41. The molecule has 0 bridgehead atoms. The molecule has 212 valence electrons. The second-order valence-electron chi connectivity index (χ2n) is 9.02. The summed E-state index contributed by atoms with van der Waals surface area (Å²) in [6, 6.07) is 7.31. The molecule has 10 heteroatoms. The van der Waals surface area contributed by atoms with Crippen molar-refractivity contribution in [1.82, 2.24) is 0 Å². The normalized spacial score (nSPS) is 16.8. The fourth-order valence-corrected chi connectivity index (χ4v) is 4.08. The van der Waals surface area contributed by atoms with Crippen LogP contribution in [0.1, 0.15) is 17.5 Å². The molecule has 0 amide bonds. The van der Waals surface area contributed by atoms with Gasteiger partial charge in [-0.1, -0.05) is 24.0 Å². The molecule has 0 aliphatic heterocycles. The minimum absolute atomic E-state index is 0.0650. The molecule has 0 spiro atoms. The van der Waals surface area contributed by atoms with Crippen LogP contribution in [0.4, 0.5) is 39.5 Å². The van der Waals surface area contributed by atoms with Crippen LogP contribution in [0.5, 0.6) is 5.75 Å². The van der Waals surface area contributed by atoms with Crippen molar-refractivity contribution in [2.75, 3.05) is 0 Å². The third-order valence-electron chi connectivity index (χ3n) is 6.11. The first kappa shape index (κ1) is 29.6. The van der Waals surface area contributed by atoms with Crippen LogP contribution < -0.4 is 4.74 Å². The van der Waals surface area contributed by atoms with Gasteiger partial charge in [0.05, 0.1) is 5.56 Å². The molecule has 2 atom stereocenters. The maximum Gasteiger partial charge on any atom is 0.410 e. The van der Waals surface area contributed by atoms with Crippen molar-refractivity contribution < 1.29 is 44.3 Å². The van der Waals surface area contributed by atoms with Gasteiger partial charge in [0.15, 0.2) is 17.5 Å². The Bertz CT molecular complexity index is 1590. The van der Waals surface area contributed by atoms with Crippen LogP contribution in [0.25, 0.3) is 11.1 Å². The van der Waals surface area contributed by atoms with Gasteiger partial charge in [-0.25, -0.2) is 30.7 Å². The highest BCUT2D eigenvalue weighted by Crippen LogP contribution is 2.41. The molecule has 0 fully saturated rings. The van der Waals surface area contributed by atoms with Gasteiger partial charge in [-0.05, 0) is 72.5 Å². The second-order valence-corrected chi connectivity index (χ2v) is 9.02. The van der Waals surface area contributed by atoms with E-state index in [0.29, 0.717) is 48.8 Å². The lowest BCUT2D eigenvalue weighted by atomic mass is 9.92. The molecule has 0 saturated heterocycles. The Balaban J connectivity index is 1.50. The van der Waals surface area contributed by atoms with E-state index in [0.717, 1.165) is 12.1 Å². The number of hydrogen-bond acceptors (Lipinski definition) is 1. The standard InChI is InChI=1S/C31H19F9O/c1-2-3-4-17-5-7-19(23(32)11-17)8-6-18-12-25(34)29(26(35)13-18)31(39,40)41-21-9-10-22(24(33)16-21)20-14-27(36)30(38)28(37)15-20/h2,5,7,9-16,25,29H,1,3-4H2. The molecule has 1 aliphatic rings. The Morgan fingerprint density at radius 1 is 0.854 bits per heavy atom. The van der Waals surface area contributed by atoms with Crippen molar-refractivity contribution in [3.63, 3.8) is 0 Å². The van der Waals surface area contributed by atoms with E-state index in [-0.39, 0.29) is 11.1 Å². The summed E-state index contributed by atoms with van der Waals surface area (Å²) in [4.78, 5) is 0. The number of halogens is 9. The number of hydrogen-bond donors (Lipinski definition) is 0. The van der Waals surface area contributed by atoms with E-state index in [1.165, 1.54) is 12.1 Å². The Morgan fingerprint density at radius 2 is 1.56 bits per heavy atom. The zero-order valence-electron chi connectivity index (χ0n) is 20.9. The molecule has 0 aromatic heterocycles. The summed E-state index contributed by atoms with van der Waals surface area (Å²) in [7, 11) is 0. The van der Waals surface area contributed by atoms with Gasteiger partial charge in [-0.2, -0.15) is 8.78 Å². The molecule has 1 nitrogen and oxygen atoms in total. The van der Waals surface area contributed by atoms with E-state index < -0.39 is 70.0 Å². The van der Waals surface area contributed by atoms with Crippen LogP contribution in [-0.4, -0.2) is 12.3 Å². The molecule has 2 unspecified atom stereocenters.